The largest absolute Gasteiger partial charge is 0.392 e. The van der Waals surface area contributed by atoms with Crippen LogP contribution in [0.5, 0.6) is 0 Å². The van der Waals surface area contributed by atoms with Gasteiger partial charge in [0.25, 0.3) is 0 Å². The van der Waals surface area contributed by atoms with Crippen molar-refractivity contribution in [2.45, 2.75) is 38.2 Å². The number of rotatable bonds is 8. The van der Waals surface area contributed by atoms with Gasteiger partial charge < -0.3 is 5.11 Å². The maximum absolute atomic E-state index is 12.6. The molecule has 5 heteroatoms. The summed E-state index contributed by atoms with van der Waals surface area (Å²) in [4.78, 5) is 0.231. The first-order chi connectivity index (χ1) is 9.51. The van der Waals surface area contributed by atoms with Crippen molar-refractivity contribution in [3.05, 3.63) is 42.0 Å². The molecule has 1 rings (SSSR count). The van der Waals surface area contributed by atoms with E-state index in [4.69, 9.17) is 0 Å². The second-order valence-electron chi connectivity index (χ2n) is 4.59. The quantitative estimate of drug-likeness (QED) is 0.749. The highest BCUT2D eigenvalue weighted by Gasteiger charge is 2.23. The van der Waals surface area contributed by atoms with Crippen molar-refractivity contribution in [2.75, 3.05) is 13.1 Å². The standard InChI is InChI=1S/C15H23NO3S/c1-4-9-16(10-5-2)20(18,19)15-8-7-13(6-3)14(11-15)12-17/h4,7-8,11,17H,1,5-6,9-10,12H2,2-3H3. The Labute approximate surface area is 121 Å². The summed E-state index contributed by atoms with van der Waals surface area (Å²) in [5.74, 6) is 0. The molecule has 0 aliphatic rings. The number of aliphatic hydroxyl groups excluding tert-OH is 1. The van der Waals surface area contributed by atoms with Crippen LogP contribution in [0.1, 0.15) is 31.4 Å². The summed E-state index contributed by atoms with van der Waals surface area (Å²) < 4.78 is 26.6. The van der Waals surface area contributed by atoms with Crippen LogP contribution in [-0.4, -0.2) is 30.9 Å². The molecule has 4 nitrogen and oxygen atoms in total. The third-order valence-corrected chi connectivity index (χ3v) is 5.03. The van der Waals surface area contributed by atoms with Crippen molar-refractivity contribution in [2.24, 2.45) is 0 Å². The molecule has 0 aromatic heterocycles. The minimum atomic E-state index is -3.53. The molecular weight excluding hydrogens is 274 g/mol. The number of aliphatic hydroxyl groups is 1. The van der Waals surface area contributed by atoms with Crippen LogP contribution < -0.4 is 0 Å². The Kier molecular flexibility index (Phi) is 6.39. The van der Waals surface area contributed by atoms with E-state index in [1.807, 2.05) is 13.8 Å². The summed E-state index contributed by atoms with van der Waals surface area (Å²) in [6.07, 6.45) is 3.09. The lowest BCUT2D eigenvalue weighted by Gasteiger charge is -2.20. The van der Waals surface area contributed by atoms with Gasteiger partial charge in [-0.25, -0.2) is 8.42 Å². The highest BCUT2D eigenvalue weighted by atomic mass is 32.2. The van der Waals surface area contributed by atoms with Gasteiger partial charge in [0.1, 0.15) is 0 Å². The predicted molar refractivity (Wildman–Crippen MR) is 81.0 cm³/mol. The van der Waals surface area contributed by atoms with Gasteiger partial charge in [-0.2, -0.15) is 4.31 Å². The first kappa shape index (κ1) is 16.9. The van der Waals surface area contributed by atoms with Crippen molar-refractivity contribution >= 4 is 10.0 Å². The molecule has 0 spiro atoms. The molecule has 1 aromatic carbocycles. The summed E-state index contributed by atoms with van der Waals surface area (Å²) in [6, 6.07) is 4.95. The minimum absolute atomic E-state index is 0.151. The van der Waals surface area contributed by atoms with Gasteiger partial charge in [0.15, 0.2) is 0 Å². The second-order valence-corrected chi connectivity index (χ2v) is 6.53. The van der Waals surface area contributed by atoms with Crippen LogP contribution >= 0.6 is 0 Å². The highest BCUT2D eigenvalue weighted by molar-refractivity contribution is 7.89. The van der Waals surface area contributed by atoms with Gasteiger partial charge in [-0.15, -0.1) is 6.58 Å². The Morgan fingerprint density at radius 3 is 2.50 bits per heavy atom. The molecule has 0 unspecified atom stereocenters. The Balaban J connectivity index is 3.22. The lowest BCUT2D eigenvalue weighted by molar-refractivity contribution is 0.280. The summed E-state index contributed by atoms with van der Waals surface area (Å²) in [6.45, 7) is 8.11. The molecule has 0 atom stereocenters. The topological polar surface area (TPSA) is 57.6 Å². The van der Waals surface area contributed by atoms with E-state index in [-0.39, 0.29) is 11.5 Å². The molecule has 0 fully saturated rings. The zero-order valence-corrected chi connectivity index (χ0v) is 13.0. The van der Waals surface area contributed by atoms with Crippen LogP contribution in [0.15, 0.2) is 35.7 Å². The van der Waals surface area contributed by atoms with Gasteiger partial charge >= 0.3 is 0 Å². The van der Waals surface area contributed by atoms with E-state index in [1.165, 1.54) is 4.31 Å². The fourth-order valence-corrected chi connectivity index (χ4v) is 3.66. The maximum atomic E-state index is 12.6. The zero-order chi connectivity index (χ0) is 15.2. The molecule has 0 heterocycles. The lowest BCUT2D eigenvalue weighted by Crippen LogP contribution is -2.32. The molecule has 0 aliphatic heterocycles. The monoisotopic (exact) mass is 297 g/mol. The number of sulfonamides is 1. The zero-order valence-electron chi connectivity index (χ0n) is 12.2. The van der Waals surface area contributed by atoms with Gasteiger partial charge in [-0.3, -0.25) is 0 Å². The Bertz CT molecular complexity index is 552. The smallest absolute Gasteiger partial charge is 0.243 e. The number of nitrogens with zero attached hydrogens (tertiary/aromatic N) is 1. The third kappa shape index (κ3) is 3.69. The molecule has 0 saturated carbocycles. The maximum Gasteiger partial charge on any atom is 0.243 e. The van der Waals surface area contributed by atoms with Crippen LogP contribution in [0.25, 0.3) is 0 Å². The van der Waals surface area contributed by atoms with Gasteiger partial charge in [0.05, 0.1) is 11.5 Å². The van der Waals surface area contributed by atoms with E-state index in [9.17, 15) is 13.5 Å². The summed E-state index contributed by atoms with van der Waals surface area (Å²) in [5.41, 5.74) is 1.64. The van der Waals surface area contributed by atoms with Crippen molar-refractivity contribution in [1.29, 1.82) is 0 Å². The Hall–Kier alpha value is -1.17. The summed E-state index contributed by atoms with van der Waals surface area (Å²) in [7, 11) is -3.53. The third-order valence-electron chi connectivity index (χ3n) is 3.17. The van der Waals surface area contributed by atoms with Gasteiger partial charge in [0.2, 0.25) is 10.0 Å². The van der Waals surface area contributed by atoms with Crippen LogP contribution in [-0.2, 0) is 23.1 Å². The van der Waals surface area contributed by atoms with Crippen molar-refractivity contribution < 1.29 is 13.5 Å². The average Bonchev–Trinajstić information content (AvgIpc) is 2.46. The normalized spacial score (nSPS) is 11.8. The molecule has 1 N–H and O–H groups in total. The van der Waals surface area contributed by atoms with E-state index in [0.717, 1.165) is 18.4 Å². The van der Waals surface area contributed by atoms with E-state index in [0.29, 0.717) is 18.7 Å². The van der Waals surface area contributed by atoms with Gasteiger partial charge in [0, 0.05) is 13.1 Å². The van der Waals surface area contributed by atoms with Crippen molar-refractivity contribution in [3.8, 4) is 0 Å². The number of aryl methyl sites for hydroxylation is 1. The van der Waals surface area contributed by atoms with Crippen LogP contribution in [0.2, 0.25) is 0 Å². The van der Waals surface area contributed by atoms with Crippen LogP contribution in [0, 0.1) is 0 Å². The highest BCUT2D eigenvalue weighted by Crippen LogP contribution is 2.20. The van der Waals surface area contributed by atoms with E-state index >= 15 is 0 Å². The SMILES string of the molecule is C=CCN(CCC)S(=O)(=O)c1ccc(CC)c(CO)c1. The number of benzene rings is 1. The van der Waals surface area contributed by atoms with Crippen molar-refractivity contribution in [3.63, 3.8) is 0 Å². The number of hydrogen-bond donors (Lipinski definition) is 1. The average molecular weight is 297 g/mol. The molecule has 0 amide bonds. The molecule has 112 valence electrons. The first-order valence-corrected chi connectivity index (χ1v) is 8.28. The number of hydrogen-bond acceptors (Lipinski definition) is 3. The molecule has 0 radical (unpaired) electrons. The summed E-state index contributed by atoms with van der Waals surface area (Å²) in [5, 5.41) is 9.36. The minimum Gasteiger partial charge on any atom is -0.392 e. The molecule has 0 bridgehead atoms. The molecule has 0 saturated heterocycles. The van der Waals surface area contributed by atoms with Crippen LogP contribution in [0.4, 0.5) is 0 Å². The summed E-state index contributed by atoms with van der Waals surface area (Å²) >= 11 is 0. The molecule has 0 aliphatic carbocycles. The predicted octanol–water partition coefficient (Wildman–Crippen LogP) is 2.33. The first-order valence-electron chi connectivity index (χ1n) is 6.84. The van der Waals surface area contributed by atoms with Crippen LogP contribution in [0.3, 0.4) is 0 Å². The Morgan fingerprint density at radius 1 is 1.30 bits per heavy atom. The fraction of sp³-hybridized carbons (Fsp3) is 0.467. The molecular formula is C15H23NO3S. The molecule has 1 aromatic rings. The van der Waals surface area contributed by atoms with Crippen molar-refractivity contribution in [1.82, 2.24) is 4.31 Å². The van der Waals surface area contributed by atoms with E-state index < -0.39 is 10.0 Å². The van der Waals surface area contributed by atoms with E-state index in [2.05, 4.69) is 6.58 Å². The second kappa shape index (κ2) is 7.57. The molecule has 20 heavy (non-hydrogen) atoms. The Morgan fingerprint density at radius 2 is 2.00 bits per heavy atom. The fourth-order valence-electron chi connectivity index (χ4n) is 2.11. The van der Waals surface area contributed by atoms with Gasteiger partial charge in [-0.1, -0.05) is 26.0 Å². The van der Waals surface area contributed by atoms with Gasteiger partial charge in [-0.05, 0) is 36.1 Å². The van der Waals surface area contributed by atoms with E-state index in [1.54, 1.807) is 24.3 Å². The lowest BCUT2D eigenvalue weighted by atomic mass is 10.1.